The van der Waals surface area contributed by atoms with E-state index < -0.39 is 11.1 Å². The first-order valence-electron chi connectivity index (χ1n) is 7.04. The van der Waals surface area contributed by atoms with Crippen LogP contribution >= 0.6 is 11.3 Å². The lowest BCUT2D eigenvalue weighted by Gasteiger charge is -2.04. The number of carbonyl (C=O) groups is 1. The molecule has 0 saturated heterocycles. The molecule has 118 valence electrons. The monoisotopic (exact) mass is 328 g/mol. The highest BCUT2D eigenvalue weighted by molar-refractivity contribution is 7.12. The molecule has 4 heteroatoms. The average molecular weight is 328 g/mol. The summed E-state index contributed by atoms with van der Waals surface area (Å²) in [4.78, 5) is 11.7. The van der Waals surface area contributed by atoms with Crippen molar-refractivity contribution < 1.29 is 13.9 Å². The fraction of sp³-hybridized carbons (Fsp3) is 0.105. The molecule has 0 fully saturated rings. The quantitative estimate of drug-likeness (QED) is 0.536. The molecule has 0 radical (unpaired) electrons. The second-order valence-electron chi connectivity index (χ2n) is 4.72. The van der Waals surface area contributed by atoms with E-state index in [1.165, 1.54) is 13.2 Å². The van der Waals surface area contributed by atoms with Gasteiger partial charge in [-0.1, -0.05) is 66.5 Å². The number of halogens is 1. The van der Waals surface area contributed by atoms with Gasteiger partial charge in [-0.05, 0) is 29.7 Å². The third-order valence-corrected chi connectivity index (χ3v) is 4.15. The lowest BCUT2D eigenvalue weighted by atomic mass is 10.0. The van der Waals surface area contributed by atoms with Gasteiger partial charge in [0.15, 0.2) is 5.13 Å². The number of hydrogen-bond acceptors (Lipinski definition) is 3. The second-order valence-corrected chi connectivity index (χ2v) is 5.73. The summed E-state index contributed by atoms with van der Waals surface area (Å²) in [6.07, 6.45) is 7.57. The van der Waals surface area contributed by atoms with Gasteiger partial charge in [-0.25, -0.2) is 4.79 Å². The minimum absolute atomic E-state index is 0.255. The number of esters is 1. The van der Waals surface area contributed by atoms with Crippen molar-refractivity contribution in [3.63, 3.8) is 0 Å². The molecule has 0 saturated carbocycles. The first-order chi connectivity index (χ1) is 11.1. The molecular weight excluding hydrogens is 311 g/mol. The molecule has 0 amide bonds. The van der Waals surface area contributed by atoms with E-state index in [9.17, 15) is 9.18 Å². The highest BCUT2D eigenvalue weighted by Crippen LogP contribution is 2.31. The maximum absolute atomic E-state index is 14.1. The van der Waals surface area contributed by atoms with Crippen molar-refractivity contribution in [1.82, 2.24) is 0 Å². The summed E-state index contributed by atoms with van der Waals surface area (Å²) in [6.45, 7) is 5.65. The molecule has 0 N–H and O–H groups in total. The summed E-state index contributed by atoms with van der Waals surface area (Å²) >= 11 is 0.792. The van der Waals surface area contributed by atoms with Gasteiger partial charge in [-0.15, -0.1) is 0 Å². The second kappa shape index (κ2) is 7.70. The smallest absolute Gasteiger partial charge is 0.348 e. The number of carbonyl (C=O) groups excluding carboxylic acids is 1. The van der Waals surface area contributed by atoms with E-state index in [0.29, 0.717) is 5.56 Å². The Hall–Kier alpha value is -2.46. The molecule has 2 nitrogen and oxygen atoms in total. The Labute approximate surface area is 139 Å². The Morgan fingerprint density at radius 2 is 2.00 bits per heavy atom. The maximum Gasteiger partial charge on any atom is 0.348 e. The lowest BCUT2D eigenvalue weighted by Crippen LogP contribution is -1.96. The zero-order chi connectivity index (χ0) is 16.8. The molecule has 0 atom stereocenters. The molecule has 0 aliphatic carbocycles. The normalized spacial score (nSPS) is 11.7. The van der Waals surface area contributed by atoms with Crippen LogP contribution in [-0.4, -0.2) is 13.1 Å². The predicted octanol–water partition coefficient (Wildman–Crippen LogP) is 5.49. The summed E-state index contributed by atoms with van der Waals surface area (Å²) in [5.74, 6) is -0.527. The molecule has 2 rings (SSSR count). The van der Waals surface area contributed by atoms with Crippen molar-refractivity contribution in [3.8, 4) is 11.1 Å². The van der Waals surface area contributed by atoms with Crippen molar-refractivity contribution in [2.75, 3.05) is 7.11 Å². The van der Waals surface area contributed by atoms with Crippen LogP contribution in [0.1, 0.15) is 22.2 Å². The Kier molecular flexibility index (Phi) is 5.66. The molecule has 1 heterocycles. The molecule has 0 aliphatic heterocycles. The van der Waals surface area contributed by atoms with Crippen molar-refractivity contribution in [3.05, 3.63) is 76.8 Å². The van der Waals surface area contributed by atoms with Crippen molar-refractivity contribution in [2.24, 2.45) is 0 Å². The van der Waals surface area contributed by atoms with Crippen molar-refractivity contribution >= 4 is 22.9 Å². The van der Waals surface area contributed by atoms with Crippen LogP contribution < -0.4 is 0 Å². The van der Waals surface area contributed by atoms with Gasteiger partial charge in [0.2, 0.25) is 0 Å². The Morgan fingerprint density at radius 1 is 1.30 bits per heavy atom. The van der Waals surface area contributed by atoms with Gasteiger partial charge in [0.1, 0.15) is 4.88 Å². The third kappa shape index (κ3) is 3.85. The van der Waals surface area contributed by atoms with Crippen LogP contribution in [0.5, 0.6) is 0 Å². The number of ether oxygens (including phenoxy) is 1. The fourth-order valence-electron chi connectivity index (χ4n) is 2.16. The van der Waals surface area contributed by atoms with Gasteiger partial charge < -0.3 is 4.74 Å². The summed E-state index contributed by atoms with van der Waals surface area (Å²) in [5, 5.41) is -0.395. The molecule has 23 heavy (non-hydrogen) atoms. The number of methoxy groups -OCH3 is 1. The zero-order valence-corrected chi connectivity index (χ0v) is 13.8. The maximum atomic E-state index is 14.1. The van der Waals surface area contributed by atoms with Crippen LogP contribution in [0.15, 0.2) is 61.2 Å². The van der Waals surface area contributed by atoms with Gasteiger partial charge in [-0.3, -0.25) is 0 Å². The van der Waals surface area contributed by atoms with E-state index in [1.807, 2.05) is 49.4 Å². The van der Waals surface area contributed by atoms with Gasteiger partial charge in [0.25, 0.3) is 0 Å². The molecule has 0 aliphatic rings. The SMILES string of the molecule is C=C/C=C(\C=C/C)c1ccc(-c2cc(C(=O)OC)sc2F)cc1. The van der Waals surface area contributed by atoms with Crippen LogP contribution in [0.25, 0.3) is 16.7 Å². The standard InChI is InChI=1S/C19H17FO2S/c1-4-6-13(7-5-2)14-8-10-15(11-9-14)16-12-17(19(21)22-3)23-18(16)20/h4-12H,1H2,2-3H3/b7-5-,13-6+. The van der Waals surface area contributed by atoms with Crippen molar-refractivity contribution in [1.29, 1.82) is 0 Å². The van der Waals surface area contributed by atoms with Gasteiger partial charge in [-0.2, -0.15) is 4.39 Å². The van der Waals surface area contributed by atoms with E-state index in [0.717, 1.165) is 28.0 Å². The van der Waals surface area contributed by atoms with E-state index in [1.54, 1.807) is 6.08 Å². The van der Waals surface area contributed by atoms with Gasteiger partial charge in [0.05, 0.1) is 7.11 Å². The minimum Gasteiger partial charge on any atom is -0.465 e. The Bertz CT molecular complexity index is 767. The molecular formula is C19H17FO2S. The first kappa shape index (κ1) is 16.9. The van der Waals surface area contributed by atoms with Crippen LogP contribution in [0.4, 0.5) is 4.39 Å². The first-order valence-corrected chi connectivity index (χ1v) is 7.86. The summed E-state index contributed by atoms with van der Waals surface area (Å²) in [7, 11) is 1.28. The number of rotatable bonds is 5. The average Bonchev–Trinajstić information content (AvgIpc) is 2.96. The zero-order valence-electron chi connectivity index (χ0n) is 13.0. The van der Waals surface area contributed by atoms with Crippen LogP contribution in [-0.2, 0) is 4.74 Å². The Morgan fingerprint density at radius 3 is 2.57 bits per heavy atom. The van der Waals surface area contributed by atoms with Gasteiger partial charge in [0, 0.05) is 5.56 Å². The van der Waals surface area contributed by atoms with E-state index in [4.69, 9.17) is 0 Å². The van der Waals surface area contributed by atoms with Gasteiger partial charge >= 0.3 is 5.97 Å². The van der Waals surface area contributed by atoms with Crippen molar-refractivity contribution in [2.45, 2.75) is 6.92 Å². The molecule has 0 bridgehead atoms. The molecule has 1 aromatic heterocycles. The number of allylic oxidation sites excluding steroid dienone is 5. The highest BCUT2D eigenvalue weighted by atomic mass is 32.1. The molecule has 0 unspecified atom stereocenters. The van der Waals surface area contributed by atoms with E-state index in [2.05, 4.69) is 11.3 Å². The Balaban J connectivity index is 2.36. The largest absolute Gasteiger partial charge is 0.465 e. The molecule has 0 spiro atoms. The number of thiophene rings is 1. The third-order valence-electron chi connectivity index (χ3n) is 3.25. The van der Waals surface area contributed by atoms with E-state index in [-0.39, 0.29) is 4.88 Å². The lowest BCUT2D eigenvalue weighted by molar-refractivity contribution is 0.0606. The van der Waals surface area contributed by atoms with Crippen LogP contribution in [0.3, 0.4) is 0 Å². The molecule has 1 aromatic carbocycles. The summed E-state index contributed by atoms with van der Waals surface area (Å²) < 4.78 is 18.7. The summed E-state index contributed by atoms with van der Waals surface area (Å²) in [5.41, 5.74) is 3.16. The predicted molar refractivity (Wildman–Crippen MR) is 94.0 cm³/mol. The highest BCUT2D eigenvalue weighted by Gasteiger charge is 2.16. The topological polar surface area (TPSA) is 26.3 Å². The molecule has 2 aromatic rings. The minimum atomic E-state index is -0.527. The van der Waals surface area contributed by atoms with E-state index >= 15 is 0 Å². The fourth-order valence-corrected chi connectivity index (χ4v) is 2.99. The number of hydrogen-bond donors (Lipinski definition) is 0. The van der Waals surface area contributed by atoms with Crippen LogP contribution in [0.2, 0.25) is 0 Å². The number of benzene rings is 1. The van der Waals surface area contributed by atoms with Crippen LogP contribution in [0, 0.1) is 5.13 Å². The summed E-state index contributed by atoms with van der Waals surface area (Å²) in [6, 6.07) is 9.02.